The summed E-state index contributed by atoms with van der Waals surface area (Å²) < 4.78 is 0. The summed E-state index contributed by atoms with van der Waals surface area (Å²) in [6.45, 7) is 1.95. The Morgan fingerprint density at radius 3 is 2.20 bits per heavy atom. The standard InChI is InChI=1S/C8H11N3O3.ClH/c1-10-6(12)7(13)11(8(10)14)4-5-2-9-3-5;/h5,9H,2-4H2,1H3;1H. The van der Waals surface area contributed by atoms with E-state index < -0.39 is 17.8 Å². The van der Waals surface area contributed by atoms with Gasteiger partial charge in [-0.15, -0.1) is 12.4 Å². The van der Waals surface area contributed by atoms with E-state index in [1.807, 2.05) is 0 Å². The molecule has 2 heterocycles. The third kappa shape index (κ3) is 1.82. The SMILES string of the molecule is CN1C(=O)C(=O)N(CC2CNC2)C1=O.Cl. The number of hydrogen-bond acceptors (Lipinski definition) is 4. The summed E-state index contributed by atoms with van der Waals surface area (Å²) in [6, 6.07) is -0.507. The highest BCUT2D eigenvalue weighted by atomic mass is 35.5. The summed E-state index contributed by atoms with van der Waals surface area (Å²) in [6.07, 6.45) is 0. The molecule has 0 unspecified atom stereocenters. The molecular formula is C8H12ClN3O3. The predicted octanol–water partition coefficient (Wildman–Crippen LogP) is -0.952. The fraction of sp³-hybridized carbons (Fsp3) is 0.625. The fourth-order valence-corrected chi connectivity index (χ4v) is 1.51. The first-order valence-corrected chi connectivity index (χ1v) is 4.45. The summed E-state index contributed by atoms with van der Waals surface area (Å²) in [5, 5.41) is 3.04. The van der Waals surface area contributed by atoms with Gasteiger partial charge >= 0.3 is 17.8 Å². The maximum absolute atomic E-state index is 11.4. The zero-order chi connectivity index (χ0) is 10.3. The molecule has 2 rings (SSSR count). The Kier molecular flexibility index (Phi) is 3.31. The van der Waals surface area contributed by atoms with Crippen molar-refractivity contribution in [3.63, 3.8) is 0 Å². The van der Waals surface area contributed by atoms with Crippen molar-refractivity contribution in [2.24, 2.45) is 5.92 Å². The van der Waals surface area contributed by atoms with Gasteiger partial charge in [-0.1, -0.05) is 0 Å². The lowest BCUT2D eigenvalue weighted by Gasteiger charge is -2.29. The Balaban J connectivity index is 0.00000112. The highest BCUT2D eigenvalue weighted by molar-refractivity contribution is 6.44. The van der Waals surface area contributed by atoms with Crippen molar-refractivity contribution >= 4 is 30.3 Å². The number of urea groups is 1. The Bertz CT molecular complexity index is 316. The number of carbonyl (C=O) groups is 3. The molecule has 0 bridgehead atoms. The van der Waals surface area contributed by atoms with Gasteiger partial charge in [-0.2, -0.15) is 0 Å². The number of halogens is 1. The van der Waals surface area contributed by atoms with Gasteiger partial charge in [0.1, 0.15) is 0 Å². The second kappa shape index (κ2) is 4.16. The highest BCUT2D eigenvalue weighted by Crippen LogP contribution is 2.14. The van der Waals surface area contributed by atoms with E-state index in [1.54, 1.807) is 0 Å². The minimum atomic E-state index is -0.734. The summed E-state index contributed by atoms with van der Waals surface area (Å²) in [5.74, 6) is -1.14. The van der Waals surface area contributed by atoms with Crippen LogP contribution in [0.4, 0.5) is 4.79 Å². The lowest BCUT2D eigenvalue weighted by Crippen LogP contribution is -2.49. The molecule has 0 saturated carbocycles. The van der Waals surface area contributed by atoms with Crippen molar-refractivity contribution in [1.82, 2.24) is 15.1 Å². The van der Waals surface area contributed by atoms with Crippen molar-refractivity contribution < 1.29 is 14.4 Å². The van der Waals surface area contributed by atoms with Crippen molar-refractivity contribution in [3.8, 4) is 0 Å². The molecule has 0 aliphatic carbocycles. The quantitative estimate of drug-likeness (QED) is 0.493. The Hall–Kier alpha value is -1.14. The van der Waals surface area contributed by atoms with Gasteiger partial charge in [0, 0.05) is 32.6 Å². The van der Waals surface area contributed by atoms with Crippen LogP contribution < -0.4 is 5.32 Å². The number of nitrogens with one attached hydrogen (secondary N) is 1. The first kappa shape index (κ1) is 11.9. The molecule has 7 heteroatoms. The molecule has 0 aromatic rings. The van der Waals surface area contributed by atoms with E-state index in [0.29, 0.717) is 12.5 Å². The molecule has 6 nitrogen and oxygen atoms in total. The molecule has 0 spiro atoms. The second-order valence-electron chi connectivity index (χ2n) is 3.59. The lowest BCUT2D eigenvalue weighted by molar-refractivity contribution is -0.143. The zero-order valence-corrected chi connectivity index (χ0v) is 9.04. The van der Waals surface area contributed by atoms with Gasteiger partial charge in [0.05, 0.1) is 0 Å². The van der Waals surface area contributed by atoms with Crippen molar-refractivity contribution in [3.05, 3.63) is 0 Å². The van der Waals surface area contributed by atoms with E-state index in [0.717, 1.165) is 22.9 Å². The highest BCUT2D eigenvalue weighted by Gasteiger charge is 2.43. The van der Waals surface area contributed by atoms with Crippen molar-refractivity contribution in [1.29, 1.82) is 0 Å². The Morgan fingerprint density at radius 1 is 1.27 bits per heavy atom. The number of amides is 4. The number of hydrogen-bond donors (Lipinski definition) is 1. The fourth-order valence-electron chi connectivity index (χ4n) is 1.51. The molecule has 1 N–H and O–H groups in total. The van der Waals surface area contributed by atoms with Crippen LogP contribution in [-0.2, 0) is 9.59 Å². The maximum Gasteiger partial charge on any atom is 0.333 e. The number of nitrogens with zero attached hydrogens (tertiary/aromatic N) is 2. The molecule has 84 valence electrons. The van der Waals surface area contributed by atoms with Crippen LogP contribution in [0.25, 0.3) is 0 Å². The first-order chi connectivity index (χ1) is 6.61. The number of carbonyl (C=O) groups excluding carboxylic acids is 3. The van der Waals surface area contributed by atoms with Crippen LogP contribution in [0.5, 0.6) is 0 Å². The van der Waals surface area contributed by atoms with Gasteiger partial charge in [0.25, 0.3) is 0 Å². The molecule has 2 aliphatic rings. The van der Waals surface area contributed by atoms with Gasteiger partial charge < -0.3 is 5.32 Å². The molecule has 0 aromatic carbocycles. The van der Waals surface area contributed by atoms with Gasteiger partial charge in [-0.05, 0) is 0 Å². The van der Waals surface area contributed by atoms with Crippen LogP contribution in [0, 0.1) is 5.92 Å². The summed E-state index contributed by atoms with van der Waals surface area (Å²) in [7, 11) is 1.32. The second-order valence-corrected chi connectivity index (χ2v) is 3.59. The third-order valence-corrected chi connectivity index (χ3v) is 2.56. The van der Waals surface area contributed by atoms with E-state index in [9.17, 15) is 14.4 Å². The summed E-state index contributed by atoms with van der Waals surface area (Å²) in [5.41, 5.74) is 0. The average molecular weight is 234 g/mol. The van der Waals surface area contributed by atoms with Crippen LogP contribution in [-0.4, -0.2) is 54.3 Å². The van der Waals surface area contributed by atoms with Gasteiger partial charge in [-0.25, -0.2) is 4.79 Å². The number of imide groups is 2. The van der Waals surface area contributed by atoms with Crippen molar-refractivity contribution in [2.45, 2.75) is 0 Å². The Labute approximate surface area is 93.0 Å². The minimum Gasteiger partial charge on any atom is -0.316 e. The van der Waals surface area contributed by atoms with E-state index in [2.05, 4.69) is 5.32 Å². The third-order valence-electron chi connectivity index (χ3n) is 2.56. The molecule has 2 saturated heterocycles. The van der Waals surface area contributed by atoms with Crippen LogP contribution >= 0.6 is 12.4 Å². The maximum atomic E-state index is 11.4. The van der Waals surface area contributed by atoms with E-state index in [4.69, 9.17) is 0 Å². The van der Waals surface area contributed by atoms with E-state index in [-0.39, 0.29) is 12.4 Å². The normalized spacial score (nSPS) is 21.8. The minimum absolute atomic E-state index is 0. The van der Waals surface area contributed by atoms with Crippen LogP contribution in [0.3, 0.4) is 0 Å². The molecule has 15 heavy (non-hydrogen) atoms. The summed E-state index contributed by atoms with van der Waals surface area (Å²) in [4.78, 5) is 35.7. The van der Waals surface area contributed by atoms with Gasteiger partial charge in [-0.3, -0.25) is 19.4 Å². The monoisotopic (exact) mass is 233 g/mol. The number of likely N-dealkylation sites (N-methyl/N-ethyl adjacent to an activating group) is 1. The molecular weight excluding hydrogens is 222 g/mol. The van der Waals surface area contributed by atoms with Crippen LogP contribution in [0.15, 0.2) is 0 Å². The smallest absolute Gasteiger partial charge is 0.316 e. The first-order valence-electron chi connectivity index (χ1n) is 4.45. The van der Waals surface area contributed by atoms with E-state index >= 15 is 0 Å². The Morgan fingerprint density at radius 2 is 1.87 bits per heavy atom. The van der Waals surface area contributed by atoms with Gasteiger partial charge in [0.15, 0.2) is 0 Å². The van der Waals surface area contributed by atoms with Crippen LogP contribution in [0.1, 0.15) is 0 Å². The largest absolute Gasteiger partial charge is 0.333 e. The lowest BCUT2D eigenvalue weighted by atomic mass is 10.0. The summed E-state index contributed by atoms with van der Waals surface area (Å²) >= 11 is 0. The van der Waals surface area contributed by atoms with Crippen LogP contribution in [0.2, 0.25) is 0 Å². The predicted molar refractivity (Wildman–Crippen MR) is 53.5 cm³/mol. The average Bonchev–Trinajstić information content (AvgIpc) is 2.27. The molecule has 0 atom stereocenters. The molecule has 2 fully saturated rings. The topological polar surface area (TPSA) is 69.7 Å². The number of rotatable bonds is 2. The molecule has 2 aliphatic heterocycles. The molecule has 0 aromatic heterocycles. The molecule has 4 amide bonds. The molecule has 0 radical (unpaired) electrons. The zero-order valence-electron chi connectivity index (χ0n) is 8.23. The van der Waals surface area contributed by atoms with E-state index in [1.165, 1.54) is 7.05 Å². The van der Waals surface area contributed by atoms with Crippen molar-refractivity contribution in [2.75, 3.05) is 26.7 Å². The van der Waals surface area contributed by atoms with Gasteiger partial charge in [0.2, 0.25) is 0 Å².